The molecule has 2 saturated carbocycles. The van der Waals surface area contributed by atoms with E-state index in [-0.39, 0.29) is 0 Å². The summed E-state index contributed by atoms with van der Waals surface area (Å²) in [5.74, 6) is -1.24. The van der Waals surface area contributed by atoms with Crippen LogP contribution in [0.25, 0.3) is 0 Å². The zero-order valence-electron chi connectivity index (χ0n) is 9.28. The minimum absolute atomic E-state index is 0.386. The van der Waals surface area contributed by atoms with Crippen LogP contribution in [-0.4, -0.2) is 28.4 Å². The van der Waals surface area contributed by atoms with Gasteiger partial charge >= 0.3 is 0 Å². The summed E-state index contributed by atoms with van der Waals surface area (Å²) < 4.78 is 0. The molecule has 4 heteroatoms. The second-order valence-electron chi connectivity index (χ2n) is 5.69. The van der Waals surface area contributed by atoms with Crippen LogP contribution in [-0.2, 0) is 4.79 Å². The van der Waals surface area contributed by atoms with Crippen LogP contribution in [0.2, 0.25) is 0 Å². The maximum absolute atomic E-state index is 11.3. The lowest BCUT2D eigenvalue weighted by Gasteiger charge is -2.42. The van der Waals surface area contributed by atoms with Crippen molar-refractivity contribution in [2.45, 2.75) is 45.8 Å². The van der Waals surface area contributed by atoms with E-state index >= 15 is 0 Å². The monoisotopic (exact) mass is 213 g/mol. The van der Waals surface area contributed by atoms with Gasteiger partial charge in [-0.25, -0.2) is 0 Å². The fourth-order valence-electron chi connectivity index (χ4n) is 3.72. The molecule has 0 radical (unpaired) electrons. The van der Waals surface area contributed by atoms with Gasteiger partial charge < -0.3 is 20.1 Å². The Kier molecular flexibility index (Phi) is 1.85. The minimum Gasteiger partial charge on any atom is -0.549 e. The van der Waals surface area contributed by atoms with Gasteiger partial charge in [0.2, 0.25) is 0 Å². The lowest BCUT2D eigenvalue weighted by Crippen LogP contribution is -2.54. The van der Waals surface area contributed by atoms with Gasteiger partial charge in [-0.2, -0.15) is 0 Å². The topological polar surface area (TPSA) is 80.6 Å². The SMILES string of the molecule is CC1(C)[C@]2(C)CC[C@@]1(C(=O)[O-])[C@H](O)[C@@H]2O. The Bertz CT molecular complexity index is 325. The summed E-state index contributed by atoms with van der Waals surface area (Å²) in [5.41, 5.74) is -2.47. The maximum Gasteiger partial charge on any atom is 0.0918 e. The molecule has 15 heavy (non-hydrogen) atoms. The third kappa shape index (κ3) is 0.807. The highest BCUT2D eigenvalue weighted by atomic mass is 16.4. The lowest BCUT2D eigenvalue weighted by molar-refractivity contribution is -0.328. The quantitative estimate of drug-likeness (QED) is 0.602. The number of hydrogen-bond donors (Lipinski definition) is 2. The molecule has 0 aromatic rings. The first-order valence-corrected chi connectivity index (χ1v) is 5.29. The average Bonchev–Trinajstić information content (AvgIpc) is 2.39. The second-order valence-corrected chi connectivity index (χ2v) is 5.69. The smallest absolute Gasteiger partial charge is 0.0918 e. The third-order valence-electron chi connectivity index (χ3n) is 5.40. The molecule has 2 rings (SSSR count). The van der Waals surface area contributed by atoms with E-state index in [1.807, 2.05) is 6.92 Å². The Morgan fingerprint density at radius 3 is 2.00 bits per heavy atom. The van der Waals surface area contributed by atoms with E-state index in [0.717, 1.165) is 0 Å². The highest BCUT2D eigenvalue weighted by molar-refractivity contribution is 5.77. The largest absolute Gasteiger partial charge is 0.549 e. The van der Waals surface area contributed by atoms with Crippen molar-refractivity contribution in [1.82, 2.24) is 0 Å². The summed E-state index contributed by atoms with van der Waals surface area (Å²) in [7, 11) is 0. The molecule has 2 bridgehead atoms. The number of hydrogen-bond acceptors (Lipinski definition) is 4. The number of carboxylic acid groups (broad SMARTS) is 1. The lowest BCUT2D eigenvalue weighted by atomic mass is 9.64. The molecule has 0 aromatic carbocycles. The number of rotatable bonds is 1. The predicted octanol–water partition coefficient (Wildman–Crippen LogP) is -0.716. The number of aliphatic hydroxyl groups excluding tert-OH is 2. The average molecular weight is 213 g/mol. The first kappa shape index (κ1) is 10.9. The summed E-state index contributed by atoms with van der Waals surface area (Å²) >= 11 is 0. The van der Waals surface area contributed by atoms with E-state index in [1.165, 1.54) is 0 Å². The molecule has 0 aliphatic heterocycles. The van der Waals surface area contributed by atoms with E-state index in [4.69, 9.17) is 0 Å². The Morgan fingerprint density at radius 1 is 1.20 bits per heavy atom. The molecule has 4 nitrogen and oxygen atoms in total. The zero-order valence-corrected chi connectivity index (χ0v) is 9.28. The highest BCUT2D eigenvalue weighted by Crippen LogP contribution is 2.71. The van der Waals surface area contributed by atoms with Crippen LogP contribution in [0.1, 0.15) is 33.6 Å². The molecule has 4 atom stereocenters. The van der Waals surface area contributed by atoms with Crippen molar-refractivity contribution in [3.05, 3.63) is 0 Å². The van der Waals surface area contributed by atoms with Crippen LogP contribution in [0.3, 0.4) is 0 Å². The second kappa shape index (κ2) is 2.55. The van der Waals surface area contributed by atoms with Crippen LogP contribution >= 0.6 is 0 Å². The highest BCUT2D eigenvalue weighted by Gasteiger charge is 2.74. The van der Waals surface area contributed by atoms with Gasteiger partial charge in [0, 0.05) is 10.8 Å². The molecule has 0 unspecified atom stereocenters. The Balaban J connectivity index is 2.62. The number of carbonyl (C=O) groups is 1. The van der Waals surface area contributed by atoms with Crippen molar-refractivity contribution in [2.75, 3.05) is 0 Å². The number of carboxylic acids is 1. The van der Waals surface area contributed by atoms with Gasteiger partial charge in [-0.1, -0.05) is 20.8 Å². The van der Waals surface area contributed by atoms with Crippen molar-refractivity contribution in [3.63, 3.8) is 0 Å². The van der Waals surface area contributed by atoms with E-state index < -0.39 is 34.4 Å². The van der Waals surface area contributed by atoms with Gasteiger partial charge in [0.25, 0.3) is 0 Å². The van der Waals surface area contributed by atoms with Crippen LogP contribution < -0.4 is 5.11 Å². The van der Waals surface area contributed by atoms with Gasteiger partial charge in [-0.05, 0) is 18.3 Å². The van der Waals surface area contributed by atoms with Gasteiger partial charge in [0.05, 0.1) is 18.2 Å². The minimum atomic E-state index is -1.29. The van der Waals surface area contributed by atoms with Crippen molar-refractivity contribution in [1.29, 1.82) is 0 Å². The van der Waals surface area contributed by atoms with Gasteiger partial charge in [0.15, 0.2) is 0 Å². The summed E-state index contributed by atoms with van der Waals surface area (Å²) in [6, 6.07) is 0. The molecule has 86 valence electrons. The van der Waals surface area contributed by atoms with E-state index in [0.29, 0.717) is 12.8 Å². The maximum atomic E-state index is 11.3. The van der Waals surface area contributed by atoms with Gasteiger partial charge in [0.1, 0.15) is 0 Å². The molecular formula is C11H17O4-. The van der Waals surface area contributed by atoms with Crippen LogP contribution in [0.5, 0.6) is 0 Å². The third-order valence-corrected chi connectivity index (χ3v) is 5.40. The summed E-state index contributed by atoms with van der Waals surface area (Å²) in [6.45, 7) is 5.45. The Hall–Kier alpha value is -0.610. The summed E-state index contributed by atoms with van der Waals surface area (Å²) in [6.07, 6.45) is -1.18. The van der Waals surface area contributed by atoms with E-state index in [9.17, 15) is 20.1 Å². The molecule has 0 heterocycles. The Morgan fingerprint density at radius 2 is 1.73 bits per heavy atom. The van der Waals surface area contributed by atoms with E-state index in [2.05, 4.69) is 0 Å². The summed E-state index contributed by atoms with van der Waals surface area (Å²) in [4.78, 5) is 11.3. The first-order valence-electron chi connectivity index (χ1n) is 5.29. The van der Waals surface area contributed by atoms with Crippen LogP contribution in [0.15, 0.2) is 0 Å². The number of carbonyl (C=O) groups excluding carboxylic acids is 1. The van der Waals surface area contributed by atoms with E-state index in [1.54, 1.807) is 13.8 Å². The molecule has 2 aliphatic carbocycles. The normalized spacial score (nSPS) is 52.1. The molecule has 2 aliphatic rings. The Labute approximate surface area is 88.9 Å². The van der Waals surface area contributed by atoms with Crippen LogP contribution in [0, 0.1) is 16.2 Å². The molecule has 0 spiro atoms. The van der Waals surface area contributed by atoms with Crippen molar-refractivity contribution in [2.24, 2.45) is 16.2 Å². The standard InChI is InChI=1S/C11H18O4/c1-9(2)10(3)4-5-11(9,8(14)15)7(13)6(10)12/h6-7,12-13H,4-5H2,1-3H3,(H,14,15)/p-1/t6-,7+,10+,11-/m0/s1. The first-order chi connectivity index (χ1) is 6.72. The van der Waals surface area contributed by atoms with Crippen molar-refractivity contribution < 1.29 is 20.1 Å². The zero-order chi connectivity index (χ0) is 11.6. The van der Waals surface area contributed by atoms with Gasteiger partial charge in [-0.3, -0.25) is 0 Å². The van der Waals surface area contributed by atoms with Crippen molar-refractivity contribution >= 4 is 5.97 Å². The predicted molar refractivity (Wildman–Crippen MR) is 50.6 cm³/mol. The van der Waals surface area contributed by atoms with Gasteiger partial charge in [-0.15, -0.1) is 0 Å². The summed E-state index contributed by atoms with van der Waals surface area (Å²) in [5, 5.41) is 31.2. The number of fused-ring (bicyclic) bond motifs is 2. The molecule has 0 saturated heterocycles. The fraction of sp³-hybridized carbons (Fsp3) is 0.909. The fourth-order valence-corrected chi connectivity index (χ4v) is 3.72. The number of aliphatic carboxylic acids is 1. The van der Waals surface area contributed by atoms with Crippen molar-refractivity contribution in [3.8, 4) is 0 Å². The molecule has 0 aromatic heterocycles. The molecular weight excluding hydrogens is 196 g/mol. The molecule has 2 fully saturated rings. The number of aliphatic hydroxyl groups is 2. The van der Waals surface area contributed by atoms with Crippen LogP contribution in [0.4, 0.5) is 0 Å². The molecule has 2 N–H and O–H groups in total. The molecule has 0 amide bonds.